The summed E-state index contributed by atoms with van der Waals surface area (Å²) in [4.78, 5) is 21.5. The van der Waals surface area contributed by atoms with E-state index in [0.717, 1.165) is 0 Å². The molecule has 0 aliphatic rings. The van der Waals surface area contributed by atoms with E-state index in [4.69, 9.17) is 4.74 Å². The van der Waals surface area contributed by atoms with Crippen LogP contribution >= 0.6 is 15.9 Å². The zero-order valence-corrected chi connectivity index (χ0v) is 8.40. The highest BCUT2D eigenvalue weighted by molar-refractivity contribution is 9.09. The predicted octanol–water partition coefficient (Wildman–Crippen LogP) is 1.29. The molecule has 0 rings (SSSR count). The molecule has 0 atom stereocenters. The Morgan fingerprint density at radius 2 is 1.82 bits per heavy atom. The van der Waals surface area contributed by atoms with E-state index in [1.807, 2.05) is 0 Å². The van der Waals surface area contributed by atoms with E-state index in [1.165, 1.54) is 0 Å². The van der Waals surface area contributed by atoms with Crippen molar-refractivity contribution in [3.63, 3.8) is 0 Å². The van der Waals surface area contributed by atoms with Crippen LogP contribution < -0.4 is 0 Å². The summed E-state index contributed by atoms with van der Waals surface area (Å²) in [5, 5.41) is 0.0158. The third kappa shape index (κ3) is 4.95. The number of carbonyl (C=O) groups excluding carboxylic acids is 2. The minimum atomic E-state index is -0.783. The van der Waals surface area contributed by atoms with Crippen molar-refractivity contribution in [1.29, 1.82) is 0 Å². The van der Waals surface area contributed by atoms with Gasteiger partial charge < -0.3 is 4.74 Å². The second-order valence-electron chi connectivity index (χ2n) is 3.06. The normalized spacial score (nSPS) is 10.9. The van der Waals surface area contributed by atoms with Crippen LogP contribution in [0.3, 0.4) is 0 Å². The largest absolute Gasteiger partial charge is 0.454 e. The molecule has 0 spiro atoms. The molecule has 0 amide bonds. The number of Topliss-reactive ketones (excluding diaryl/α,β-unsaturated/α-hetero) is 1. The van der Waals surface area contributed by atoms with Crippen molar-refractivity contribution in [2.45, 2.75) is 26.4 Å². The Morgan fingerprint density at radius 1 is 1.36 bits per heavy atom. The van der Waals surface area contributed by atoms with Gasteiger partial charge in [-0.25, -0.2) is 4.79 Å². The molecular formula is C7H11BrO3. The van der Waals surface area contributed by atoms with E-state index in [0.29, 0.717) is 0 Å². The first-order chi connectivity index (χ1) is 4.87. The minimum absolute atomic E-state index is 0.0158. The van der Waals surface area contributed by atoms with Gasteiger partial charge in [-0.2, -0.15) is 0 Å². The Labute approximate surface area is 74.2 Å². The third-order valence-corrected chi connectivity index (χ3v) is 1.26. The second kappa shape index (κ2) is 3.85. The predicted molar refractivity (Wildman–Crippen MR) is 44.6 cm³/mol. The van der Waals surface area contributed by atoms with E-state index in [9.17, 15) is 9.59 Å². The van der Waals surface area contributed by atoms with Crippen molar-refractivity contribution in [2.75, 3.05) is 5.33 Å². The number of carbonyl (C=O) groups is 2. The molecule has 0 aromatic carbocycles. The van der Waals surface area contributed by atoms with Crippen molar-refractivity contribution >= 4 is 27.7 Å². The van der Waals surface area contributed by atoms with Gasteiger partial charge in [0, 0.05) is 0 Å². The summed E-state index contributed by atoms with van der Waals surface area (Å²) in [6.07, 6.45) is 0. The fraction of sp³-hybridized carbons (Fsp3) is 0.714. The van der Waals surface area contributed by atoms with E-state index < -0.39 is 17.4 Å². The molecule has 0 aliphatic heterocycles. The lowest BCUT2D eigenvalue weighted by atomic mass is 10.2. The van der Waals surface area contributed by atoms with E-state index in [1.54, 1.807) is 20.8 Å². The van der Waals surface area contributed by atoms with Gasteiger partial charge in [0.2, 0.25) is 0 Å². The second-order valence-corrected chi connectivity index (χ2v) is 3.62. The van der Waals surface area contributed by atoms with Crippen LogP contribution in [0.2, 0.25) is 0 Å². The van der Waals surface area contributed by atoms with Crippen LogP contribution in [0, 0.1) is 0 Å². The molecule has 11 heavy (non-hydrogen) atoms. The van der Waals surface area contributed by atoms with Crippen molar-refractivity contribution in [1.82, 2.24) is 0 Å². The highest BCUT2D eigenvalue weighted by Gasteiger charge is 2.21. The van der Waals surface area contributed by atoms with Crippen molar-refractivity contribution < 1.29 is 14.3 Å². The Balaban J connectivity index is 3.99. The van der Waals surface area contributed by atoms with Crippen LogP contribution in [0.5, 0.6) is 0 Å². The Morgan fingerprint density at radius 3 is 2.09 bits per heavy atom. The van der Waals surface area contributed by atoms with Crippen molar-refractivity contribution in [2.24, 2.45) is 0 Å². The van der Waals surface area contributed by atoms with Gasteiger partial charge in [-0.15, -0.1) is 0 Å². The first-order valence-corrected chi connectivity index (χ1v) is 4.31. The maximum absolute atomic E-state index is 10.8. The molecule has 0 aromatic rings. The van der Waals surface area contributed by atoms with Crippen LogP contribution in [-0.2, 0) is 14.3 Å². The Kier molecular flexibility index (Phi) is 3.72. The molecule has 0 unspecified atom stereocenters. The van der Waals surface area contributed by atoms with Crippen LogP contribution in [0.1, 0.15) is 20.8 Å². The van der Waals surface area contributed by atoms with Crippen LogP contribution in [0.15, 0.2) is 0 Å². The molecule has 0 N–H and O–H groups in total. The van der Waals surface area contributed by atoms with Gasteiger partial charge in [0.1, 0.15) is 5.60 Å². The maximum Gasteiger partial charge on any atom is 0.376 e. The zero-order valence-electron chi connectivity index (χ0n) is 6.81. The van der Waals surface area contributed by atoms with E-state index in [2.05, 4.69) is 15.9 Å². The first kappa shape index (κ1) is 10.6. The smallest absolute Gasteiger partial charge is 0.376 e. The number of hydrogen-bond donors (Lipinski definition) is 0. The highest BCUT2D eigenvalue weighted by Crippen LogP contribution is 2.07. The standard InChI is InChI=1S/C7H11BrO3/c1-7(2,3)11-6(10)5(9)4-8/h4H2,1-3H3. The zero-order chi connectivity index (χ0) is 9.07. The lowest BCUT2D eigenvalue weighted by Gasteiger charge is -2.18. The molecule has 64 valence electrons. The van der Waals surface area contributed by atoms with Gasteiger partial charge in [-0.1, -0.05) is 15.9 Å². The van der Waals surface area contributed by atoms with E-state index in [-0.39, 0.29) is 5.33 Å². The summed E-state index contributed by atoms with van der Waals surface area (Å²) >= 11 is 2.87. The average molecular weight is 223 g/mol. The minimum Gasteiger partial charge on any atom is -0.454 e. The molecule has 0 radical (unpaired) electrons. The summed E-state index contributed by atoms with van der Waals surface area (Å²) < 4.78 is 4.77. The fourth-order valence-electron chi connectivity index (χ4n) is 0.390. The molecule has 0 saturated carbocycles. The van der Waals surface area contributed by atoms with Crippen LogP contribution in [0.25, 0.3) is 0 Å². The van der Waals surface area contributed by atoms with Crippen molar-refractivity contribution in [3.8, 4) is 0 Å². The topological polar surface area (TPSA) is 43.4 Å². The van der Waals surface area contributed by atoms with Gasteiger partial charge in [0.25, 0.3) is 5.78 Å². The van der Waals surface area contributed by atoms with Gasteiger partial charge >= 0.3 is 5.97 Å². The molecule has 0 heterocycles. The quantitative estimate of drug-likeness (QED) is 0.402. The molecule has 0 bridgehead atoms. The summed E-state index contributed by atoms with van der Waals surface area (Å²) in [5.41, 5.74) is -0.588. The summed E-state index contributed by atoms with van der Waals surface area (Å²) in [6.45, 7) is 5.14. The lowest BCUT2D eigenvalue weighted by molar-refractivity contribution is -0.161. The lowest BCUT2D eigenvalue weighted by Crippen LogP contribution is -2.29. The number of ketones is 1. The first-order valence-electron chi connectivity index (χ1n) is 3.19. The molecule has 4 heteroatoms. The van der Waals surface area contributed by atoms with Gasteiger partial charge in [-0.05, 0) is 20.8 Å². The highest BCUT2D eigenvalue weighted by atomic mass is 79.9. The number of hydrogen-bond acceptors (Lipinski definition) is 3. The number of rotatable bonds is 2. The Bertz CT molecular complexity index is 169. The van der Waals surface area contributed by atoms with Crippen molar-refractivity contribution in [3.05, 3.63) is 0 Å². The van der Waals surface area contributed by atoms with E-state index >= 15 is 0 Å². The molecule has 0 aromatic heterocycles. The number of halogens is 1. The fourth-order valence-corrected chi connectivity index (χ4v) is 0.618. The van der Waals surface area contributed by atoms with Crippen LogP contribution in [-0.4, -0.2) is 22.7 Å². The van der Waals surface area contributed by atoms with Gasteiger partial charge in [-0.3, -0.25) is 4.79 Å². The van der Waals surface area contributed by atoms with Gasteiger partial charge in [0.15, 0.2) is 0 Å². The Hall–Kier alpha value is -0.380. The average Bonchev–Trinajstić information content (AvgIpc) is 1.82. The molecule has 0 aliphatic carbocycles. The number of esters is 1. The SMILES string of the molecule is CC(C)(C)OC(=O)C(=O)CBr. The van der Waals surface area contributed by atoms with Crippen LogP contribution in [0.4, 0.5) is 0 Å². The molecule has 0 saturated heterocycles. The monoisotopic (exact) mass is 222 g/mol. The number of alkyl halides is 1. The molecule has 0 fully saturated rings. The third-order valence-electron chi connectivity index (χ3n) is 0.748. The summed E-state index contributed by atoms with van der Waals surface area (Å²) in [7, 11) is 0. The molecule has 3 nitrogen and oxygen atoms in total. The summed E-state index contributed by atoms with van der Waals surface area (Å²) in [5.74, 6) is -1.34. The molecular weight excluding hydrogens is 212 g/mol. The summed E-state index contributed by atoms with van der Waals surface area (Å²) in [6, 6.07) is 0. The number of ether oxygens (including phenoxy) is 1. The van der Waals surface area contributed by atoms with Gasteiger partial charge in [0.05, 0.1) is 5.33 Å². The maximum atomic E-state index is 10.8.